The number of hydrogen-bond donors (Lipinski definition) is 1. The highest BCUT2D eigenvalue weighted by Gasteiger charge is 2.20. The first-order valence-electron chi connectivity index (χ1n) is 9.43. The molecule has 0 saturated heterocycles. The summed E-state index contributed by atoms with van der Waals surface area (Å²) in [6.45, 7) is 2.72. The zero-order valence-electron chi connectivity index (χ0n) is 15.4. The van der Waals surface area contributed by atoms with E-state index in [1.54, 1.807) is 28.9 Å². The molecule has 5 rings (SSSR count). The molecule has 4 heterocycles. The molecule has 0 aliphatic heterocycles. The zero-order chi connectivity index (χ0) is 19.1. The number of aryl methyl sites for hydroxylation is 3. The van der Waals surface area contributed by atoms with Gasteiger partial charge in [-0.05, 0) is 50.1 Å². The number of carbonyl (C=O) groups excluding carboxylic acids is 1. The largest absolute Gasteiger partial charge is 0.298 e. The van der Waals surface area contributed by atoms with Gasteiger partial charge < -0.3 is 0 Å². The van der Waals surface area contributed by atoms with E-state index in [9.17, 15) is 4.79 Å². The molecule has 0 unspecified atom stereocenters. The minimum atomic E-state index is -0.160. The summed E-state index contributed by atoms with van der Waals surface area (Å²) in [4.78, 5) is 24.9. The molecular formula is C20H19N5OS2. The summed E-state index contributed by atoms with van der Waals surface area (Å²) in [5.41, 5.74) is 3.25. The number of pyridine rings is 1. The fourth-order valence-corrected chi connectivity index (χ4v) is 5.32. The van der Waals surface area contributed by atoms with Crippen LogP contribution in [0.15, 0.2) is 29.8 Å². The normalized spacial score (nSPS) is 13.6. The Labute approximate surface area is 170 Å². The maximum absolute atomic E-state index is 13.2. The van der Waals surface area contributed by atoms with Crippen molar-refractivity contribution in [3.05, 3.63) is 45.9 Å². The third-order valence-corrected chi connectivity index (χ3v) is 6.96. The maximum Gasteiger partial charge on any atom is 0.258 e. The Morgan fingerprint density at radius 1 is 1.29 bits per heavy atom. The van der Waals surface area contributed by atoms with Crippen molar-refractivity contribution < 1.29 is 4.79 Å². The van der Waals surface area contributed by atoms with Crippen molar-refractivity contribution in [1.29, 1.82) is 0 Å². The molecule has 0 atom stereocenters. The van der Waals surface area contributed by atoms with E-state index in [2.05, 4.69) is 15.4 Å². The molecule has 8 heteroatoms. The van der Waals surface area contributed by atoms with Crippen molar-refractivity contribution in [1.82, 2.24) is 19.7 Å². The lowest BCUT2D eigenvalue weighted by Crippen LogP contribution is -2.13. The molecule has 4 aromatic heterocycles. The fourth-order valence-electron chi connectivity index (χ4n) is 3.59. The summed E-state index contributed by atoms with van der Waals surface area (Å²) in [6.07, 6.45) is 6.18. The van der Waals surface area contributed by atoms with Crippen LogP contribution in [0.5, 0.6) is 0 Å². The van der Waals surface area contributed by atoms with E-state index >= 15 is 0 Å². The molecule has 0 saturated carbocycles. The third kappa shape index (κ3) is 3.02. The number of carbonyl (C=O) groups is 1. The Morgan fingerprint density at radius 2 is 2.18 bits per heavy atom. The summed E-state index contributed by atoms with van der Waals surface area (Å²) in [6, 6.07) is 5.86. The standard InChI is InChI=1S/C20H19N5OS2/c1-2-25-18-13(11-21-25)12(10-15(22-18)16-8-5-9-27-16)19(26)24-20-23-14-6-3-4-7-17(14)28-20/h5,8-11H,2-4,6-7H2,1H3,(H,23,24,26). The molecule has 6 nitrogen and oxygen atoms in total. The van der Waals surface area contributed by atoms with E-state index < -0.39 is 0 Å². The molecule has 0 radical (unpaired) electrons. The first-order valence-corrected chi connectivity index (χ1v) is 11.1. The molecular weight excluding hydrogens is 390 g/mol. The van der Waals surface area contributed by atoms with E-state index in [0.29, 0.717) is 17.2 Å². The summed E-state index contributed by atoms with van der Waals surface area (Å²) in [5.74, 6) is -0.160. The third-order valence-electron chi connectivity index (χ3n) is 4.99. The first-order chi connectivity index (χ1) is 13.7. The maximum atomic E-state index is 13.2. The van der Waals surface area contributed by atoms with Crippen LogP contribution in [-0.2, 0) is 19.4 Å². The second kappa shape index (κ2) is 7.10. The van der Waals surface area contributed by atoms with Crippen LogP contribution < -0.4 is 5.32 Å². The highest BCUT2D eigenvalue weighted by Crippen LogP contribution is 2.31. The van der Waals surface area contributed by atoms with Crippen molar-refractivity contribution in [3.63, 3.8) is 0 Å². The number of amides is 1. The van der Waals surface area contributed by atoms with E-state index in [4.69, 9.17) is 4.98 Å². The predicted octanol–water partition coefficient (Wildman–Crippen LogP) is 4.77. The van der Waals surface area contributed by atoms with Gasteiger partial charge in [0, 0.05) is 11.4 Å². The minimum Gasteiger partial charge on any atom is -0.298 e. The van der Waals surface area contributed by atoms with E-state index in [0.717, 1.165) is 40.1 Å². The lowest BCUT2D eigenvalue weighted by Gasteiger charge is -2.07. The van der Waals surface area contributed by atoms with Crippen molar-refractivity contribution in [3.8, 4) is 10.6 Å². The molecule has 4 aromatic rings. The van der Waals surface area contributed by atoms with Gasteiger partial charge in [-0.25, -0.2) is 14.6 Å². The van der Waals surface area contributed by atoms with E-state index in [1.807, 2.05) is 35.2 Å². The average molecular weight is 410 g/mol. The highest BCUT2D eigenvalue weighted by atomic mass is 32.1. The molecule has 1 N–H and O–H groups in total. The van der Waals surface area contributed by atoms with Gasteiger partial charge in [0.05, 0.1) is 33.4 Å². The first kappa shape index (κ1) is 17.5. The van der Waals surface area contributed by atoms with Gasteiger partial charge >= 0.3 is 0 Å². The van der Waals surface area contributed by atoms with Crippen LogP contribution >= 0.6 is 22.7 Å². The smallest absolute Gasteiger partial charge is 0.258 e. The summed E-state index contributed by atoms with van der Waals surface area (Å²) in [7, 11) is 0. The monoisotopic (exact) mass is 409 g/mol. The number of nitrogens with one attached hydrogen (secondary N) is 1. The lowest BCUT2D eigenvalue weighted by molar-refractivity contribution is 0.102. The Balaban J connectivity index is 1.56. The van der Waals surface area contributed by atoms with Gasteiger partial charge in [0.25, 0.3) is 5.91 Å². The summed E-state index contributed by atoms with van der Waals surface area (Å²) >= 11 is 3.21. The van der Waals surface area contributed by atoms with Gasteiger partial charge in [-0.1, -0.05) is 6.07 Å². The second-order valence-electron chi connectivity index (χ2n) is 6.78. The number of thiazole rings is 1. The Morgan fingerprint density at radius 3 is 2.96 bits per heavy atom. The fraction of sp³-hybridized carbons (Fsp3) is 0.300. The quantitative estimate of drug-likeness (QED) is 0.527. The van der Waals surface area contributed by atoms with Crippen LogP contribution in [0.25, 0.3) is 21.6 Å². The van der Waals surface area contributed by atoms with E-state index in [1.165, 1.54) is 17.7 Å². The Hall–Kier alpha value is -2.58. The molecule has 1 amide bonds. The number of hydrogen-bond acceptors (Lipinski definition) is 6. The minimum absolute atomic E-state index is 0.160. The van der Waals surface area contributed by atoms with E-state index in [-0.39, 0.29) is 5.91 Å². The van der Waals surface area contributed by atoms with Crippen LogP contribution in [0.4, 0.5) is 5.13 Å². The topological polar surface area (TPSA) is 72.7 Å². The lowest BCUT2D eigenvalue weighted by atomic mass is 10.0. The second-order valence-corrected chi connectivity index (χ2v) is 8.81. The van der Waals surface area contributed by atoms with Crippen LogP contribution in [0.3, 0.4) is 0 Å². The molecule has 0 fully saturated rings. The van der Waals surface area contributed by atoms with Gasteiger partial charge in [-0.2, -0.15) is 5.10 Å². The van der Waals surface area contributed by atoms with Crippen molar-refractivity contribution in [2.45, 2.75) is 39.2 Å². The average Bonchev–Trinajstić information content (AvgIpc) is 3.45. The van der Waals surface area contributed by atoms with Crippen LogP contribution in [0, 0.1) is 0 Å². The Kier molecular flexibility index (Phi) is 4.44. The highest BCUT2D eigenvalue weighted by molar-refractivity contribution is 7.16. The molecule has 1 aliphatic carbocycles. The molecule has 0 spiro atoms. The number of aromatic nitrogens is 4. The van der Waals surface area contributed by atoms with Gasteiger partial charge in [0.2, 0.25) is 0 Å². The number of nitrogens with zero attached hydrogens (tertiary/aromatic N) is 4. The predicted molar refractivity (Wildman–Crippen MR) is 113 cm³/mol. The summed E-state index contributed by atoms with van der Waals surface area (Å²) in [5, 5.41) is 10.9. The van der Waals surface area contributed by atoms with Crippen LogP contribution in [0.1, 0.15) is 40.7 Å². The number of thiophene rings is 1. The van der Waals surface area contributed by atoms with Gasteiger partial charge in [-0.15, -0.1) is 22.7 Å². The van der Waals surface area contributed by atoms with Crippen molar-refractivity contribution in [2.75, 3.05) is 5.32 Å². The van der Waals surface area contributed by atoms with Crippen LogP contribution in [0.2, 0.25) is 0 Å². The molecule has 142 valence electrons. The number of rotatable bonds is 4. The van der Waals surface area contributed by atoms with Gasteiger partial charge in [0.15, 0.2) is 10.8 Å². The molecule has 28 heavy (non-hydrogen) atoms. The van der Waals surface area contributed by atoms with Gasteiger partial charge in [-0.3, -0.25) is 10.1 Å². The van der Waals surface area contributed by atoms with Crippen molar-refractivity contribution in [2.24, 2.45) is 0 Å². The molecule has 0 aromatic carbocycles. The molecule has 1 aliphatic rings. The molecule has 0 bridgehead atoms. The zero-order valence-corrected chi connectivity index (χ0v) is 17.1. The van der Waals surface area contributed by atoms with Crippen molar-refractivity contribution >= 4 is 44.7 Å². The number of fused-ring (bicyclic) bond motifs is 2. The number of anilines is 1. The van der Waals surface area contributed by atoms with Gasteiger partial charge in [0.1, 0.15) is 0 Å². The summed E-state index contributed by atoms with van der Waals surface area (Å²) < 4.78 is 1.82. The van der Waals surface area contributed by atoms with Crippen LogP contribution in [-0.4, -0.2) is 25.7 Å². The SMILES string of the molecule is CCn1ncc2c(C(=O)Nc3nc4c(s3)CCCC4)cc(-c3cccs3)nc21. The Bertz CT molecular complexity index is 1140.